The van der Waals surface area contributed by atoms with Gasteiger partial charge in [-0.3, -0.25) is 14.4 Å². The first kappa shape index (κ1) is 25.5. The lowest BCUT2D eigenvalue weighted by molar-refractivity contribution is -0.171. The van der Waals surface area contributed by atoms with Crippen LogP contribution in [0.1, 0.15) is 81.3 Å². The number of benzene rings is 1. The standard InChI is InChI=1S/C30H34O7/c1-14(2)22-24(33)20(15(3)31)26(35)30(37)27(36)23-25(34)21-18(12-28(23,4)13-29(22,30)5)17(10-11-19(21)32)16-8-6-7-9-16/h6,8,10-11,14,16,22,32-33,36-37H,7,9,12-13H2,1-5H3/t16?,22?,28-,29-,30+/m1/s1. The van der Waals surface area contributed by atoms with Crippen LogP contribution in [0.4, 0.5) is 0 Å². The van der Waals surface area contributed by atoms with Crippen LogP contribution in [0.3, 0.4) is 0 Å². The summed E-state index contributed by atoms with van der Waals surface area (Å²) in [5, 5.41) is 45.7. The van der Waals surface area contributed by atoms with Crippen molar-refractivity contribution in [3.8, 4) is 5.75 Å². The molecule has 0 saturated carbocycles. The second kappa shape index (κ2) is 7.90. The van der Waals surface area contributed by atoms with Crippen molar-refractivity contribution in [2.45, 2.75) is 71.8 Å². The third kappa shape index (κ3) is 3.06. The smallest absolute Gasteiger partial charge is 0.209 e. The van der Waals surface area contributed by atoms with Crippen molar-refractivity contribution in [1.29, 1.82) is 0 Å². The highest BCUT2D eigenvalue weighted by Gasteiger charge is 2.71. The summed E-state index contributed by atoms with van der Waals surface area (Å²) < 4.78 is 0. The molecule has 4 aliphatic rings. The molecule has 5 atom stereocenters. The normalized spacial score (nSPS) is 35.1. The lowest BCUT2D eigenvalue weighted by Gasteiger charge is -2.59. The fraction of sp³-hybridized carbons (Fsp3) is 0.500. The number of phenolic OH excluding ortho intramolecular Hbond substituents is 1. The maximum Gasteiger partial charge on any atom is 0.209 e. The first-order valence-electron chi connectivity index (χ1n) is 12.9. The minimum atomic E-state index is -2.58. The van der Waals surface area contributed by atoms with E-state index in [1.807, 2.05) is 26.8 Å². The Hall–Kier alpha value is -3.19. The monoisotopic (exact) mass is 506 g/mol. The molecule has 196 valence electrons. The van der Waals surface area contributed by atoms with E-state index in [9.17, 15) is 34.8 Å². The summed E-state index contributed by atoms with van der Waals surface area (Å²) in [6, 6.07) is 3.32. The molecule has 0 heterocycles. The largest absolute Gasteiger partial charge is 0.511 e. The highest BCUT2D eigenvalue weighted by Crippen LogP contribution is 2.65. The Bertz CT molecular complexity index is 1360. The molecule has 0 amide bonds. The van der Waals surface area contributed by atoms with Crippen molar-refractivity contribution in [3.05, 3.63) is 63.6 Å². The van der Waals surface area contributed by atoms with Crippen LogP contribution in [0.25, 0.3) is 0 Å². The molecular formula is C30H34O7. The summed E-state index contributed by atoms with van der Waals surface area (Å²) >= 11 is 0. The van der Waals surface area contributed by atoms with Crippen LogP contribution < -0.4 is 0 Å². The zero-order valence-corrected chi connectivity index (χ0v) is 21.9. The van der Waals surface area contributed by atoms with E-state index < -0.39 is 51.0 Å². The molecule has 0 aromatic heterocycles. The van der Waals surface area contributed by atoms with Crippen molar-refractivity contribution in [2.24, 2.45) is 22.7 Å². The molecule has 0 fully saturated rings. The van der Waals surface area contributed by atoms with E-state index >= 15 is 0 Å². The van der Waals surface area contributed by atoms with Gasteiger partial charge < -0.3 is 20.4 Å². The number of aromatic hydroxyl groups is 1. The first-order chi connectivity index (χ1) is 17.2. The van der Waals surface area contributed by atoms with Gasteiger partial charge in [0.15, 0.2) is 17.2 Å². The number of ketones is 3. The fourth-order valence-corrected chi connectivity index (χ4v) is 7.99. The van der Waals surface area contributed by atoms with Crippen LogP contribution >= 0.6 is 0 Å². The highest BCUT2D eigenvalue weighted by atomic mass is 16.3. The second-order valence-corrected chi connectivity index (χ2v) is 12.1. The maximum atomic E-state index is 14.0. The molecule has 0 bridgehead atoms. The molecule has 1 aromatic rings. The van der Waals surface area contributed by atoms with E-state index in [2.05, 4.69) is 12.2 Å². The predicted octanol–water partition coefficient (Wildman–Crippen LogP) is 4.78. The molecule has 7 heteroatoms. The highest BCUT2D eigenvalue weighted by molar-refractivity contribution is 6.25. The Balaban J connectivity index is 1.80. The number of rotatable bonds is 3. The zero-order chi connectivity index (χ0) is 27.2. The van der Waals surface area contributed by atoms with Crippen LogP contribution in [-0.4, -0.2) is 43.4 Å². The molecule has 5 rings (SSSR count). The summed E-state index contributed by atoms with van der Waals surface area (Å²) in [6.45, 7) is 8.24. The van der Waals surface area contributed by atoms with Gasteiger partial charge in [-0.15, -0.1) is 0 Å². The van der Waals surface area contributed by atoms with Crippen molar-refractivity contribution in [1.82, 2.24) is 0 Å². The Labute approximate surface area is 216 Å². The molecular weight excluding hydrogens is 472 g/mol. The first-order valence-corrected chi connectivity index (χ1v) is 12.9. The van der Waals surface area contributed by atoms with E-state index in [-0.39, 0.29) is 40.9 Å². The summed E-state index contributed by atoms with van der Waals surface area (Å²) in [5.74, 6) is -4.85. The number of phenols is 1. The molecule has 4 N–H and O–H groups in total. The number of carbonyl (C=O) groups is 3. The molecule has 37 heavy (non-hydrogen) atoms. The quantitative estimate of drug-likeness (QED) is 0.343. The molecule has 1 aromatic carbocycles. The molecule has 0 saturated heterocycles. The van der Waals surface area contributed by atoms with Gasteiger partial charge in [-0.1, -0.05) is 45.9 Å². The third-order valence-electron chi connectivity index (χ3n) is 9.34. The summed E-state index contributed by atoms with van der Waals surface area (Å²) in [7, 11) is 0. The summed E-state index contributed by atoms with van der Waals surface area (Å²) in [6.07, 6.45) is 6.41. The molecule has 0 radical (unpaired) electrons. The number of carbonyl (C=O) groups excluding carboxylic acids is 3. The van der Waals surface area contributed by atoms with Gasteiger partial charge in [-0.25, -0.2) is 0 Å². The van der Waals surface area contributed by atoms with Crippen LogP contribution in [0.5, 0.6) is 5.75 Å². The SMILES string of the molecule is CC(=O)C1=C(O)C(C(C)C)[C@@]2(C)C[C@@]3(C)Cc4c(C5C=CCC5)ccc(O)c4C(=O)C3=C(O)[C@@]2(O)C1=O. The van der Waals surface area contributed by atoms with Crippen LogP contribution in [0, 0.1) is 22.7 Å². The minimum Gasteiger partial charge on any atom is -0.511 e. The fourth-order valence-electron chi connectivity index (χ4n) is 7.99. The van der Waals surface area contributed by atoms with Gasteiger partial charge >= 0.3 is 0 Å². The molecule has 2 unspecified atom stereocenters. The van der Waals surface area contributed by atoms with Crippen molar-refractivity contribution < 1.29 is 34.8 Å². The molecule has 4 aliphatic carbocycles. The number of aliphatic hydroxyl groups is 3. The average Bonchev–Trinajstić information content (AvgIpc) is 3.30. The van der Waals surface area contributed by atoms with Gasteiger partial charge in [0.1, 0.15) is 22.8 Å². The van der Waals surface area contributed by atoms with E-state index in [0.717, 1.165) is 25.3 Å². The number of aliphatic hydroxyl groups excluding tert-OH is 2. The van der Waals surface area contributed by atoms with Crippen LogP contribution in [-0.2, 0) is 16.0 Å². The predicted molar refractivity (Wildman–Crippen MR) is 136 cm³/mol. The summed E-state index contributed by atoms with van der Waals surface area (Å²) in [5.41, 5.74) is -3.92. The van der Waals surface area contributed by atoms with E-state index in [4.69, 9.17) is 0 Å². The Morgan fingerprint density at radius 1 is 1.11 bits per heavy atom. The number of hydrogen-bond acceptors (Lipinski definition) is 7. The summed E-state index contributed by atoms with van der Waals surface area (Å²) in [4.78, 5) is 40.2. The van der Waals surface area contributed by atoms with Crippen LogP contribution in [0.2, 0.25) is 0 Å². The molecule has 7 nitrogen and oxygen atoms in total. The average molecular weight is 507 g/mol. The number of allylic oxidation sites excluding steroid dienone is 4. The lowest BCUT2D eigenvalue weighted by Crippen LogP contribution is -2.67. The number of hydrogen-bond donors (Lipinski definition) is 4. The van der Waals surface area contributed by atoms with Gasteiger partial charge in [0.25, 0.3) is 0 Å². The van der Waals surface area contributed by atoms with Crippen molar-refractivity contribution >= 4 is 17.3 Å². The van der Waals surface area contributed by atoms with Crippen LogP contribution in [0.15, 0.2) is 46.9 Å². The third-order valence-corrected chi connectivity index (χ3v) is 9.34. The van der Waals surface area contributed by atoms with Gasteiger partial charge in [0.05, 0.1) is 5.56 Å². The van der Waals surface area contributed by atoms with Gasteiger partial charge in [0.2, 0.25) is 5.78 Å². The minimum absolute atomic E-state index is 0.0814. The molecule has 0 spiro atoms. The van der Waals surface area contributed by atoms with Gasteiger partial charge in [-0.2, -0.15) is 0 Å². The Morgan fingerprint density at radius 3 is 2.35 bits per heavy atom. The number of fused-ring (bicyclic) bond motifs is 3. The van der Waals surface area contributed by atoms with Crippen molar-refractivity contribution in [3.63, 3.8) is 0 Å². The Morgan fingerprint density at radius 2 is 1.78 bits per heavy atom. The van der Waals surface area contributed by atoms with Crippen molar-refractivity contribution in [2.75, 3.05) is 0 Å². The van der Waals surface area contributed by atoms with Gasteiger partial charge in [0, 0.05) is 28.2 Å². The van der Waals surface area contributed by atoms with E-state index in [1.165, 1.54) is 6.07 Å². The van der Waals surface area contributed by atoms with E-state index in [1.54, 1.807) is 6.92 Å². The van der Waals surface area contributed by atoms with E-state index in [0.29, 0.717) is 12.0 Å². The topological polar surface area (TPSA) is 132 Å². The second-order valence-electron chi connectivity index (χ2n) is 12.1. The Kier molecular flexibility index (Phi) is 5.44. The van der Waals surface area contributed by atoms with Gasteiger partial charge in [-0.05, 0) is 55.7 Å². The lowest BCUT2D eigenvalue weighted by atomic mass is 9.44. The molecule has 0 aliphatic heterocycles. The maximum absolute atomic E-state index is 14.0. The number of Topliss-reactive ketones (excluding diaryl/α,β-unsaturated/α-hetero) is 3. The zero-order valence-electron chi connectivity index (χ0n) is 21.9.